The van der Waals surface area contributed by atoms with Crippen molar-refractivity contribution in [2.75, 3.05) is 7.11 Å². The van der Waals surface area contributed by atoms with Crippen molar-refractivity contribution in [3.8, 4) is 5.88 Å². The lowest BCUT2D eigenvalue weighted by molar-refractivity contribution is 0.146. The van der Waals surface area contributed by atoms with Crippen LogP contribution in [0.1, 0.15) is 17.7 Å². The fourth-order valence-electron chi connectivity index (χ4n) is 0.894. The van der Waals surface area contributed by atoms with Crippen molar-refractivity contribution in [2.45, 2.75) is 12.3 Å². The molecule has 0 saturated heterocycles. The van der Waals surface area contributed by atoms with Gasteiger partial charge in [0.1, 0.15) is 0 Å². The van der Waals surface area contributed by atoms with Crippen LogP contribution in [0.5, 0.6) is 5.88 Å². The Labute approximate surface area is 79.5 Å². The summed E-state index contributed by atoms with van der Waals surface area (Å²) in [5.74, 6) is 0.119. The number of halogens is 3. The lowest BCUT2D eigenvalue weighted by Crippen LogP contribution is -1.97. The molecule has 1 heterocycles. The number of aromatic nitrogens is 1. The first-order valence-electron chi connectivity index (χ1n) is 3.57. The van der Waals surface area contributed by atoms with Crippen LogP contribution in [0.15, 0.2) is 12.1 Å². The van der Waals surface area contributed by atoms with Crippen LogP contribution < -0.4 is 4.74 Å². The van der Waals surface area contributed by atoms with Gasteiger partial charge in [0.25, 0.3) is 6.43 Å². The van der Waals surface area contributed by atoms with E-state index in [2.05, 4.69) is 4.98 Å². The number of hydrogen-bond donors (Lipinski definition) is 0. The highest BCUT2D eigenvalue weighted by molar-refractivity contribution is 6.16. The second-order valence-corrected chi connectivity index (χ2v) is 2.60. The molecule has 1 aromatic rings. The third-order valence-electron chi connectivity index (χ3n) is 1.51. The van der Waals surface area contributed by atoms with E-state index in [4.69, 9.17) is 16.3 Å². The van der Waals surface area contributed by atoms with Crippen molar-refractivity contribution in [2.24, 2.45) is 0 Å². The molecule has 0 aliphatic carbocycles. The zero-order chi connectivity index (χ0) is 9.84. The van der Waals surface area contributed by atoms with Gasteiger partial charge in [-0.25, -0.2) is 13.8 Å². The molecule has 0 fully saturated rings. The van der Waals surface area contributed by atoms with Gasteiger partial charge in [0.2, 0.25) is 5.88 Å². The van der Waals surface area contributed by atoms with Gasteiger partial charge in [-0.1, -0.05) is 0 Å². The molecular weight excluding hydrogens is 200 g/mol. The summed E-state index contributed by atoms with van der Waals surface area (Å²) < 4.78 is 29.3. The Morgan fingerprint density at radius 2 is 2.23 bits per heavy atom. The van der Waals surface area contributed by atoms with E-state index in [-0.39, 0.29) is 17.3 Å². The highest BCUT2D eigenvalue weighted by Gasteiger charge is 2.14. The molecule has 0 bridgehead atoms. The summed E-state index contributed by atoms with van der Waals surface area (Å²) in [6.07, 6.45) is -2.58. The van der Waals surface area contributed by atoms with Crippen molar-refractivity contribution in [1.82, 2.24) is 4.98 Å². The zero-order valence-corrected chi connectivity index (χ0v) is 7.68. The van der Waals surface area contributed by atoms with E-state index < -0.39 is 6.43 Å². The third-order valence-corrected chi connectivity index (χ3v) is 1.79. The highest BCUT2D eigenvalue weighted by atomic mass is 35.5. The summed E-state index contributed by atoms with van der Waals surface area (Å²) in [6, 6.07) is 2.73. The largest absolute Gasteiger partial charge is 0.481 e. The van der Waals surface area contributed by atoms with Crippen LogP contribution in [-0.4, -0.2) is 12.1 Å². The monoisotopic (exact) mass is 207 g/mol. The molecule has 2 nitrogen and oxygen atoms in total. The maximum atomic E-state index is 12.3. The Morgan fingerprint density at radius 3 is 2.69 bits per heavy atom. The Hall–Kier alpha value is -0.900. The van der Waals surface area contributed by atoms with E-state index >= 15 is 0 Å². The van der Waals surface area contributed by atoms with Gasteiger partial charge in [-0.05, 0) is 12.1 Å². The van der Waals surface area contributed by atoms with Gasteiger partial charge in [-0.3, -0.25) is 0 Å². The molecule has 0 amide bonds. The van der Waals surface area contributed by atoms with Gasteiger partial charge in [0.05, 0.1) is 24.2 Å². The fourth-order valence-corrected chi connectivity index (χ4v) is 1.04. The molecule has 0 aliphatic rings. The number of alkyl halides is 3. The minimum absolute atomic E-state index is 0.0619. The molecule has 1 rings (SSSR count). The molecule has 0 N–H and O–H groups in total. The van der Waals surface area contributed by atoms with Gasteiger partial charge < -0.3 is 4.74 Å². The van der Waals surface area contributed by atoms with Gasteiger partial charge in [0.15, 0.2) is 0 Å². The zero-order valence-electron chi connectivity index (χ0n) is 6.93. The Kier molecular flexibility index (Phi) is 3.42. The van der Waals surface area contributed by atoms with Crippen LogP contribution in [0, 0.1) is 0 Å². The normalized spacial score (nSPS) is 10.5. The third kappa shape index (κ3) is 2.28. The van der Waals surface area contributed by atoms with Crippen LogP contribution in [0.2, 0.25) is 0 Å². The van der Waals surface area contributed by atoms with E-state index in [1.54, 1.807) is 0 Å². The minimum atomic E-state index is -2.58. The number of ether oxygens (including phenoxy) is 1. The summed E-state index contributed by atoms with van der Waals surface area (Å²) in [7, 11) is 1.30. The summed E-state index contributed by atoms with van der Waals surface area (Å²) in [4.78, 5) is 3.80. The summed E-state index contributed by atoms with van der Waals surface area (Å²) in [6.45, 7) is 0. The summed E-state index contributed by atoms with van der Waals surface area (Å²) in [5, 5.41) is 0. The molecule has 0 unspecified atom stereocenters. The van der Waals surface area contributed by atoms with Crippen LogP contribution in [0.3, 0.4) is 0 Å². The molecule has 0 aliphatic heterocycles. The van der Waals surface area contributed by atoms with Gasteiger partial charge in [-0.2, -0.15) is 0 Å². The second kappa shape index (κ2) is 4.37. The summed E-state index contributed by atoms with van der Waals surface area (Å²) >= 11 is 5.48. The molecule has 13 heavy (non-hydrogen) atoms. The predicted octanol–water partition coefficient (Wildman–Crippen LogP) is 2.77. The maximum Gasteiger partial charge on any atom is 0.269 e. The number of pyridine rings is 1. The molecule has 0 aromatic carbocycles. The molecule has 0 saturated carbocycles. The van der Waals surface area contributed by atoms with Crippen molar-refractivity contribution < 1.29 is 13.5 Å². The van der Waals surface area contributed by atoms with E-state index in [0.29, 0.717) is 5.69 Å². The highest BCUT2D eigenvalue weighted by Crippen LogP contribution is 2.27. The van der Waals surface area contributed by atoms with Gasteiger partial charge >= 0.3 is 0 Å². The first kappa shape index (κ1) is 10.2. The van der Waals surface area contributed by atoms with Crippen molar-refractivity contribution in [3.63, 3.8) is 0 Å². The molecule has 0 radical (unpaired) electrons. The van der Waals surface area contributed by atoms with Crippen molar-refractivity contribution in [3.05, 3.63) is 23.4 Å². The topological polar surface area (TPSA) is 22.1 Å². The average molecular weight is 208 g/mol. The first-order valence-corrected chi connectivity index (χ1v) is 4.10. The van der Waals surface area contributed by atoms with Crippen LogP contribution >= 0.6 is 11.6 Å². The Bertz CT molecular complexity index is 293. The Morgan fingerprint density at radius 1 is 1.54 bits per heavy atom. The number of nitrogens with zero attached hydrogens (tertiary/aromatic N) is 1. The maximum absolute atomic E-state index is 12.3. The summed E-state index contributed by atoms with van der Waals surface area (Å²) in [5.41, 5.74) is 0.305. The first-order chi connectivity index (χ1) is 6.19. The van der Waals surface area contributed by atoms with E-state index in [0.717, 1.165) is 0 Å². The fraction of sp³-hybridized carbons (Fsp3) is 0.375. The van der Waals surface area contributed by atoms with E-state index in [1.165, 1.54) is 19.2 Å². The molecule has 0 spiro atoms. The number of methoxy groups -OCH3 is 1. The predicted molar refractivity (Wildman–Crippen MR) is 45.3 cm³/mol. The average Bonchev–Trinajstić information content (AvgIpc) is 2.16. The minimum Gasteiger partial charge on any atom is -0.481 e. The van der Waals surface area contributed by atoms with Crippen LogP contribution in [0.25, 0.3) is 0 Å². The van der Waals surface area contributed by atoms with Crippen molar-refractivity contribution in [1.29, 1.82) is 0 Å². The quantitative estimate of drug-likeness (QED) is 0.711. The van der Waals surface area contributed by atoms with Gasteiger partial charge in [-0.15, -0.1) is 11.6 Å². The van der Waals surface area contributed by atoms with E-state index in [9.17, 15) is 8.78 Å². The smallest absolute Gasteiger partial charge is 0.269 e. The standard InChI is InChI=1S/C8H8ClF2NO/c1-13-8-6(7(10)11)3-2-5(4-9)12-8/h2-3,7H,4H2,1H3. The molecule has 72 valence electrons. The Balaban J connectivity index is 3.08. The lowest BCUT2D eigenvalue weighted by atomic mass is 10.2. The molecule has 0 atom stereocenters. The SMILES string of the molecule is COc1nc(CCl)ccc1C(F)F. The number of hydrogen-bond acceptors (Lipinski definition) is 2. The van der Waals surface area contributed by atoms with Crippen LogP contribution in [0.4, 0.5) is 8.78 Å². The van der Waals surface area contributed by atoms with Crippen molar-refractivity contribution >= 4 is 11.6 Å². The lowest BCUT2D eigenvalue weighted by Gasteiger charge is -2.06. The molecule has 1 aromatic heterocycles. The van der Waals surface area contributed by atoms with Crippen LogP contribution in [-0.2, 0) is 5.88 Å². The molecular formula is C8H8ClF2NO. The van der Waals surface area contributed by atoms with Gasteiger partial charge in [0, 0.05) is 0 Å². The second-order valence-electron chi connectivity index (χ2n) is 2.34. The molecule has 5 heteroatoms. The van der Waals surface area contributed by atoms with E-state index in [1.807, 2.05) is 0 Å². The number of rotatable bonds is 3.